The summed E-state index contributed by atoms with van der Waals surface area (Å²) in [5.41, 5.74) is 0.300. The molecule has 1 N–H and O–H groups in total. The Kier molecular flexibility index (Phi) is 5.36. The van der Waals surface area contributed by atoms with Gasteiger partial charge in [0.25, 0.3) is 5.91 Å². The predicted octanol–water partition coefficient (Wildman–Crippen LogP) is 1.03. The fraction of sp³-hybridized carbons (Fsp3) is 0.579. The first-order valence-corrected chi connectivity index (χ1v) is 8.99. The quantitative estimate of drug-likeness (QED) is 0.867. The largest absolute Gasteiger partial charge is 0.507 e. The number of hydrogen-bond acceptors (Lipinski definition) is 5. The van der Waals surface area contributed by atoms with Gasteiger partial charge in [0.2, 0.25) is 5.91 Å². The molecule has 0 spiro atoms. The standard InChI is InChI=1S/C19H27N3O4/c1-20(2)18(24)12-21-9-13-4-5-14(11-21)22(10-13)19(25)16-7-6-15(26-3)8-17(16)23/h6-8,13-14,23H,4-5,9-12H2,1-3H3/t13-,14+/m0/s1. The second-order valence-corrected chi connectivity index (χ2v) is 7.42. The summed E-state index contributed by atoms with van der Waals surface area (Å²) in [6.45, 7) is 2.57. The van der Waals surface area contributed by atoms with Crippen molar-refractivity contribution in [3.8, 4) is 11.5 Å². The molecular formula is C19H27N3O4. The van der Waals surface area contributed by atoms with Crippen molar-refractivity contribution in [3.05, 3.63) is 23.8 Å². The number of amides is 2. The third-order valence-electron chi connectivity index (χ3n) is 5.34. The molecule has 2 bridgehead atoms. The van der Waals surface area contributed by atoms with Crippen LogP contribution in [0, 0.1) is 5.92 Å². The minimum Gasteiger partial charge on any atom is -0.507 e. The molecule has 142 valence electrons. The van der Waals surface area contributed by atoms with Gasteiger partial charge < -0.3 is 19.6 Å². The fourth-order valence-corrected chi connectivity index (χ4v) is 3.86. The van der Waals surface area contributed by atoms with E-state index in [9.17, 15) is 14.7 Å². The van der Waals surface area contributed by atoms with E-state index in [1.54, 1.807) is 31.1 Å². The summed E-state index contributed by atoms with van der Waals surface area (Å²) >= 11 is 0. The number of piperidine rings is 1. The van der Waals surface area contributed by atoms with Crippen molar-refractivity contribution >= 4 is 11.8 Å². The van der Waals surface area contributed by atoms with E-state index in [1.807, 2.05) is 4.90 Å². The Bertz CT molecular complexity index is 691. The summed E-state index contributed by atoms with van der Waals surface area (Å²) in [6.07, 6.45) is 2.00. The summed E-state index contributed by atoms with van der Waals surface area (Å²) < 4.78 is 5.09. The van der Waals surface area contributed by atoms with Crippen LogP contribution in [0.4, 0.5) is 0 Å². The summed E-state index contributed by atoms with van der Waals surface area (Å²) in [4.78, 5) is 30.7. The van der Waals surface area contributed by atoms with Crippen molar-refractivity contribution in [2.45, 2.75) is 18.9 Å². The highest BCUT2D eigenvalue weighted by atomic mass is 16.5. The maximum atomic E-state index is 13.0. The van der Waals surface area contributed by atoms with Crippen LogP contribution in [0.15, 0.2) is 18.2 Å². The van der Waals surface area contributed by atoms with Crippen molar-refractivity contribution in [1.82, 2.24) is 14.7 Å². The fourth-order valence-electron chi connectivity index (χ4n) is 3.86. The molecule has 3 fully saturated rings. The molecule has 0 saturated carbocycles. The predicted molar refractivity (Wildman–Crippen MR) is 97.3 cm³/mol. The van der Waals surface area contributed by atoms with E-state index < -0.39 is 0 Å². The lowest BCUT2D eigenvalue weighted by Crippen LogP contribution is -2.47. The molecule has 0 radical (unpaired) electrons. The Morgan fingerprint density at radius 2 is 2.00 bits per heavy atom. The van der Waals surface area contributed by atoms with Crippen molar-refractivity contribution in [2.24, 2.45) is 5.92 Å². The molecule has 2 amide bonds. The van der Waals surface area contributed by atoms with Crippen LogP contribution >= 0.6 is 0 Å². The number of hydrogen-bond donors (Lipinski definition) is 1. The molecule has 3 aliphatic rings. The number of aromatic hydroxyl groups is 1. The zero-order chi connectivity index (χ0) is 18.8. The van der Waals surface area contributed by atoms with Gasteiger partial charge in [-0.3, -0.25) is 14.5 Å². The zero-order valence-corrected chi connectivity index (χ0v) is 15.6. The second-order valence-electron chi connectivity index (χ2n) is 7.42. The van der Waals surface area contributed by atoms with Gasteiger partial charge in [-0.2, -0.15) is 0 Å². The number of likely N-dealkylation sites (N-methyl/N-ethyl adjacent to an activating group) is 1. The van der Waals surface area contributed by atoms with E-state index in [-0.39, 0.29) is 23.6 Å². The molecule has 1 aromatic carbocycles. The van der Waals surface area contributed by atoms with Gasteiger partial charge in [-0.05, 0) is 30.9 Å². The number of rotatable bonds is 4. The minimum atomic E-state index is -0.152. The summed E-state index contributed by atoms with van der Waals surface area (Å²) in [5.74, 6) is 0.740. The van der Waals surface area contributed by atoms with Crippen LogP contribution in [0.2, 0.25) is 0 Å². The molecule has 0 aromatic heterocycles. The van der Waals surface area contributed by atoms with Crippen LogP contribution in [0.5, 0.6) is 11.5 Å². The maximum Gasteiger partial charge on any atom is 0.257 e. The average molecular weight is 361 g/mol. The monoisotopic (exact) mass is 361 g/mol. The number of carbonyl (C=O) groups excluding carboxylic acids is 2. The normalized spacial score (nSPS) is 22.8. The zero-order valence-electron chi connectivity index (χ0n) is 15.6. The molecule has 0 unspecified atom stereocenters. The molecule has 3 aliphatic heterocycles. The van der Waals surface area contributed by atoms with Crippen LogP contribution < -0.4 is 4.74 Å². The van der Waals surface area contributed by atoms with Crippen LogP contribution in [-0.4, -0.2) is 85.0 Å². The van der Waals surface area contributed by atoms with Gasteiger partial charge in [-0.1, -0.05) is 0 Å². The lowest BCUT2D eigenvalue weighted by Gasteiger charge is -2.36. The van der Waals surface area contributed by atoms with Crippen molar-refractivity contribution in [2.75, 3.05) is 47.4 Å². The molecule has 2 atom stereocenters. The Hall–Kier alpha value is -2.28. The molecule has 3 saturated heterocycles. The van der Waals surface area contributed by atoms with E-state index in [1.165, 1.54) is 13.2 Å². The van der Waals surface area contributed by atoms with Crippen molar-refractivity contribution in [3.63, 3.8) is 0 Å². The van der Waals surface area contributed by atoms with Crippen molar-refractivity contribution < 1.29 is 19.4 Å². The van der Waals surface area contributed by atoms with E-state index in [0.29, 0.717) is 36.9 Å². The van der Waals surface area contributed by atoms with Gasteiger partial charge in [-0.15, -0.1) is 0 Å². The first-order valence-electron chi connectivity index (χ1n) is 8.99. The maximum absolute atomic E-state index is 13.0. The highest BCUT2D eigenvalue weighted by Crippen LogP contribution is 2.31. The van der Waals surface area contributed by atoms with Crippen molar-refractivity contribution in [1.29, 1.82) is 0 Å². The van der Waals surface area contributed by atoms with Gasteiger partial charge in [0.1, 0.15) is 11.5 Å². The van der Waals surface area contributed by atoms with Crippen LogP contribution in [-0.2, 0) is 4.79 Å². The molecule has 3 heterocycles. The third-order valence-corrected chi connectivity index (χ3v) is 5.34. The Morgan fingerprint density at radius 1 is 1.23 bits per heavy atom. The Labute approximate surface area is 154 Å². The average Bonchev–Trinajstić information content (AvgIpc) is 2.91. The number of phenolic OH excluding ortho intramolecular Hbond substituents is 1. The van der Waals surface area contributed by atoms with E-state index >= 15 is 0 Å². The lowest BCUT2D eigenvalue weighted by atomic mass is 9.94. The molecule has 0 aliphatic carbocycles. The highest BCUT2D eigenvalue weighted by Gasteiger charge is 2.38. The van der Waals surface area contributed by atoms with Gasteiger partial charge in [0.15, 0.2) is 0 Å². The van der Waals surface area contributed by atoms with E-state index in [2.05, 4.69) is 4.90 Å². The first kappa shape index (κ1) is 18.5. The summed E-state index contributed by atoms with van der Waals surface area (Å²) in [7, 11) is 5.04. The molecule has 1 aromatic rings. The van der Waals surface area contributed by atoms with Crippen LogP contribution in [0.1, 0.15) is 23.2 Å². The molecule has 7 heteroatoms. The number of phenols is 1. The number of benzene rings is 1. The number of carbonyl (C=O) groups is 2. The lowest BCUT2D eigenvalue weighted by molar-refractivity contribution is -0.129. The van der Waals surface area contributed by atoms with Crippen LogP contribution in [0.3, 0.4) is 0 Å². The highest BCUT2D eigenvalue weighted by molar-refractivity contribution is 5.97. The molecule has 26 heavy (non-hydrogen) atoms. The third kappa shape index (κ3) is 3.77. The second kappa shape index (κ2) is 7.53. The summed E-state index contributed by atoms with van der Waals surface area (Å²) in [5, 5.41) is 10.2. The number of nitrogens with zero attached hydrogens (tertiary/aromatic N) is 3. The minimum absolute atomic E-state index is 0.0610. The van der Waals surface area contributed by atoms with Gasteiger partial charge in [0.05, 0.1) is 19.2 Å². The SMILES string of the molecule is COc1ccc(C(=O)N2C[C@H]3CC[C@@H]2CN(CC(=O)N(C)C)C3)c(O)c1. The Balaban J connectivity index is 1.75. The molecular weight excluding hydrogens is 334 g/mol. The summed E-state index contributed by atoms with van der Waals surface area (Å²) in [6, 6.07) is 4.83. The van der Waals surface area contributed by atoms with Gasteiger partial charge in [-0.25, -0.2) is 0 Å². The van der Waals surface area contributed by atoms with Gasteiger partial charge >= 0.3 is 0 Å². The Morgan fingerprint density at radius 3 is 2.65 bits per heavy atom. The number of fused-ring (bicyclic) bond motifs is 4. The number of ether oxygens (including phenoxy) is 1. The molecule has 4 rings (SSSR count). The first-order chi connectivity index (χ1) is 12.4. The number of methoxy groups -OCH3 is 1. The van der Waals surface area contributed by atoms with Crippen LogP contribution in [0.25, 0.3) is 0 Å². The molecule has 7 nitrogen and oxygen atoms in total. The van der Waals surface area contributed by atoms with E-state index in [0.717, 1.165) is 19.4 Å². The topological polar surface area (TPSA) is 73.3 Å². The smallest absolute Gasteiger partial charge is 0.257 e. The van der Waals surface area contributed by atoms with E-state index in [4.69, 9.17) is 4.74 Å². The van der Waals surface area contributed by atoms with Gasteiger partial charge in [0, 0.05) is 45.8 Å².